The minimum absolute atomic E-state index is 0.756. The highest BCUT2D eigenvalue weighted by molar-refractivity contribution is 9.10. The standard InChI is InChI=1S/C12H7BrCl/c13-10-7-5-9(6-8-10)11-3-1-2-4-12(11)14/h2-8H. The molecule has 0 aliphatic heterocycles. The Hall–Kier alpha value is -0.790. The summed E-state index contributed by atoms with van der Waals surface area (Å²) in [5.74, 6) is 0. The van der Waals surface area contributed by atoms with Crippen molar-refractivity contribution < 1.29 is 0 Å². The van der Waals surface area contributed by atoms with E-state index >= 15 is 0 Å². The zero-order valence-corrected chi connectivity index (χ0v) is 9.64. The lowest BCUT2D eigenvalue weighted by molar-refractivity contribution is 1.59. The highest BCUT2D eigenvalue weighted by Crippen LogP contribution is 2.27. The van der Waals surface area contributed by atoms with Crippen molar-refractivity contribution in [2.24, 2.45) is 0 Å². The van der Waals surface area contributed by atoms with Gasteiger partial charge in [-0.1, -0.05) is 45.7 Å². The second-order valence-electron chi connectivity index (χ2n) is 2.91. The van der Waals surface area contributed by atoms with E-state index in [0.29, 0.717) is 0 Å². The molecule has 0 aliphatic rings. The van der Waals surface area contributed by atoms with Gasteiger partial charge in [0, 0.05) is 15.1 Å². The Bertz CT molecular complexity index is 434. The monoisotopic (exact) mass is 265 g/mol. The fraction of sp³-hybridized carbons (Fsp3) is 0. The largest absolute Gasteiger partial charge is 0.0837 e. The second-order valence-corrected chi connectivity index (χ2v) is 4.24. The van der Waals surface area contributed by atoms with Crippen LogP contribution in [0.2, 0.25) is 5.02 Å². The van der Waals surface area contributed by atoms with Crippen LogP contribution in [-0.4, -0.2) is 0 Å². The average Bonchev–Trinajstić information content (AvgIpc) is 2.20. The van der Waals surface area contributed by atoms with Crippen LogP contribution in [0.25, 0.3) is 11.1 Å². The van der Waals surface area contributed by atoms with Crippen LogP contribution in [0.1, 0.15) is 0 Å². The SMILES string of the molecule is Clc1cc[c]cc1-c1ccc(Br)cc1. The quantitative estimate of drug-likeness (QED) is 0.709. The van der Waals surface area contributed by atoms with Gasteiger partial charge in [-0.2, -0.15) is 0 Å². The summed E-state index contributed by atoms with van der Waals surface area (Å²) in [6.45, 7) is 0. The molecule has 14 heavy (non-hydrogen) atoms. The summed E-state index contributed by atoms with van der Waals surface area (Å²) in [4.78, 5) is 0. The van der Waals surface area contributed by atoms with E-state index in [4.69, 9.17) is 11.6 Å². The fourth-order valence-corrected chi connectivity index (χ4v) is 1.75. The van der Waals surface area contributed by atoms with E-state index in [1.54, 1.807) is 0 Å². The van der Waals surface area contributed by atoms with Crippen LogP contribution < -0.4 is 0 Å². The van der Waals surface area contributed by atoms with E-state index in [1.165, 1.54) is 0 Å². The normalized spacial score (nSPS) is 10.1. The number of hydrogen-bond donors (Lipinski definition) is 0. The first kappa shape index (κ1) is 9.75. The smallest absolute Gasteiger partial charge is 0.0484 e. The molecule has 69 valence electrons. The topological polar surface area (TPSA) is 0 Å². The lowest BCUT2D eigenvalue weighted by Crippen LogP contribution is -1.78. The first-order valence-corrected chi connectivity index (χ1v) is 5.36. The maximum absolute atomic E-state index is 6.07. The van der Waals surface area contributed by atoms with Gasteiger partial charge >= 0.3 is 0 Å². The predicted molar refractivity (Wildman–Crippen MR) is 63.4 cm³/mol. The highest BCUT2D eigenvalue weighted by atomic mass is 79.9. The van der Waals surface area contributed by atoms with Crippen molar-refractivity contribution in [1.29, 1.82) is 0 Å². The van der Waals surface area contributed by atoms with Crippen LogP contribution in [0.3, 0.4) is 0 Å². The summed E-state index contributed by atoms with van der Waals surface area (Å²) < 4.78 is 1.07. The van der Waals surface area contributed by atoms with E-state index in [1.807, 2.05) is 42.5 Å². The lowest BCUT2D eigenvalue weighted by atomic mass is 10.1. The second kappa shape index (κ2) is 4.16. The van der Waals surface area contributed by atoms with Gasteiger partial charge in [0.2, 0.25) is 0 Å². The van der Waals surface area contributed by atoms with Crippen molar-refractivity contribution >= 4 is 27.5 Å². The Labute approximate surface area is 96.7 Å². The molecule has 0 saturated carbocycles. The third-order valence-electron chi connectivity index (χ3n) is 1.97. The number of hydrogen-bond acceptors (Lipinski definition) is 0. The fourth-order valence-electron chi connectivity index (χ4n) is 1.26. The first-order chi connectivity index (χ1) is 6.77. The van der Waals surface area contributed by atoms with Crippen LogP contribution in [0.4, 0.5) is 0 Å². The predicted octanol–water partition coefficient (Wildman–Crippen LogP) is 4.57. The van der Waals surface area contributed by atoms with Crippen molar-refractivity contribution in [2.45, 2.75) is 0 Å². The van der Waals surface area contributed by atoms with E-state index < -0.39 is 0 Å². The molecule has 0 nitrogen and oxygen atoms in total. The summed E-state index contributed by atoms with van der Waals surface area (Å²) in [6.07, 6.45) is 0. The molecular formula is C12H7BrCl. The average molecular weight is 267 g/mol. The van der Waals surface area contributed by atoms with Gasteiger partial charge in [-0.05, 0) is 35.9 Å². The Kier molecular flexibility index (Phi) is 2.90. The van der Waals surface area contributed by atoms with E-state index in [9.17, 15) is 0 Å². The first-order valence-electron chi connectivity index (χ1n) is 4.19. The van der Waals surface area contributed by atoms with E-state index in [2.05, 4.69) is 22.0 Å². The molecule has 0 aromatic heterocycles. The molecule has 0 amide bonds. The Morgan fingerprint density at radius 1 is 1.07 bits per heavy atom. The maximum Gasteiger partial charge on any atom is 0.0484 e. The van der Waals surface area contributed by atoms with Crippen LogP contribution >= 0.6 is 27.5 Å². The van der Waals surface area contributed by atoms with Gasteiger partial charge in [0.25, 0.3) is 0 Å². The number of halogens is 2. The van der Waals surface area contributed by atoms with Crippen molar-refractivity contribution in [1.82, 2.24) is 0 Å². The molecule has 0 aliphatic carbocycles. The minimum Gasteiger partial charge on any atom is -0.0837 e. The van der Waals surface area contributed by atoms with Gasteiger partial charge in [-0.15, -0.1) is 0 Å². The summed E-state index contributed by atoms with van der Waals surface area (Å²) in [7, 11) is 0. The summed E-state index contributed by atoms with van der Waals surface area (Å²) in [5, 5.41) is 0.756. The lowest BCUT2D eigenvalue weighted by Gasteiger charge is -2.03. The Balaban J connectivity index is 2.50. The summed E-state index contributed by atoms with van der Waals surface area (Å²) >= 11 is 9.46. The zero-order chi connectivity index (χ0) is 9.97. The summed E-state index contributed by atoms with van der Waals surface area (Å²) in [6, 6.07) is 16.6. The third-order valence-corrected chi connectivity index (χ3v) is 2.82. The number of rotatable bonds is 1. The molecule has 2 rings (SSSR count). The van der Waals surface area contributed by atoms with Crippen LogP contribution in [0.15, 0.2) is 46.9 Å². The van der Waals surface area contributed by atoms with Crippen molar-refractivity contribution in [3.05, 3.63) is 58.0 Å². The van der Waals surface area contributed by atoms with Crippen molar-refractivity contribution in [2.75, 3.05) is 0 Å². The molecule has 2 aromatic carbocycles. The molecule has 2 heteroatoms. The molecule has 0 heterocycles. The van der Waals surface area contributed by atoms with Crippen LogP contribution in [-0.2, 0) is 0 Å². The Morgan fingerprint density at radius 3 is 2.43 bits per heavy atom. The zero-order valence-electron chi connectivity index (χ0n) is 7.30. The van der Waals surface area contributed by atoms with E-state index in [-0.39, 0.29) is 0 Å². The molecule has 1 radical (unpaired) electrons. The number of benzene rings is 2. The molecular weight excluding hydrogens is 259 g/mol. The van der Waals surface area contributed by atoms with Gasteiger partial charge in [-0.3, -0.25) is 0 Å². The maximum atomic E-state index is 6.07. The molecule has 0 N–H and O–H groups in total. The van der Waals surface area contributed by atoms with Crippen molar-refractivity contribution in [3.8, 4) is 11.1 Å². The molecule has 0 spiro atoms. The highest BCUT2D eigenvalue weighted by Gasteiger charge is 2.01. The minimum atomic E-state index is 0.756. The van der Waals surface area contributed by atoms with Gasteiger partial charge in [0.15, 0.2) is 0 Å². The summed E-state index contributed by atoms with van der Waals surface area (Å²) in [5.41, 5.74) is 2.12. The van der Waals surface area contributed by atoms with Crippen LogP contribution in [0.5, 0.6) is 0 Å². The van der Waals surface area contributed by atoms with Crippen molar-refractivity contribution in [3.63, 3.8) is 0 Å². The molecule has 0 atom stereocenters. The molecule has 0 bridgehead atoms. The van der Waals surface area contributed by atoms with Gasteiger partial charge in [0.05, 0.1) is 0 Å². The molecule has 2 aromatic rings. The van der Waals surface area contributed by atoms with Gasteiger partial charge in [-0.25, -0.2) is 0 Å². The van der Waals surface area contributed by atoms with Gasteiger partial charge in [0.1, 0.15) is 0 Å². The third kappa shape index (κ3) is 1.99. The van der Waals surface area contributed by atoms with Crippen LogP contribution in [0, 0.1) is 6.07 Å². The van der Waals surface area contributed by atoms with Gasteiger partial charge < -0.3 is 0 Å². The molecule has 0 saturated heterocycles. The van der Waals surface area contributed by atoms with E-state index in [0.717, 1.165) is 20.6 Å². The molecule has 0 fully saturated rings. The Morgan fingerprint density at radius 2 is 1.79 bits per heavy atom. The molecule has 0 unspecified atom stereocenters.